The molecule has 0 aliphatic carbocycles. The zero-order chi connectivity index (χ0) is 15.9. The van der Waals surface area contributed by atoms with Gasteiger partial charge in [0.15, 0.2) is 0 Å². The summed E-state index contributed by atoms with van der Waals surface area (Å²) in [5.41, 5.74) is 6.57. The van der Waals surface area contributed by atoms with Crippen molar-refractivity contribution < 1.29 is 9.59 Å². The Morgan fingerprint density at radius 3 is 2.64 bits per heavy atom. The van der Waals surface area contributed by atoms with Gasteiger partial charge in [-0.3, -0.25) is 9.59 Å². The molecular weight excluding hydrogens is 278 g/mol. The largest absolute Gasteiger partial charge is 0.339 e. The van der Waals surface area contributed by atoms with E-state index >= 15 is 0 Å². The van der Waals surface area contributed by atoms with E-state index in [0.717, 1.165) is 25.9 Å². The lowest BCUT2D eigenvalue weighted by molar-refractivity contribution is -0.116. The van der Waals surface area contributed by atoms with Gasteiger partial charge in [0.1, 0.15) is 0 Å². The molecule has 0 unspecified atom stereocenters. The summed E-state index contributed by atoms with van der Waals surface area (Å²) in [6.45, 7) is 4.28. The highest BCUT2D eigenvalue weighted by atomic mass is 16.2. The van der Waals surface area contributed by atoms with Gasteiger partial charge >= 0.3 is 0 Å². The van der Waals surface area contributed by atoms with Crippen molar-refractivity contribution in [3.8, 4) is 0 Å². The lowest BCUT2D eigenvalue weighted by atomic mass is 9.98. The molecule has 5 nitrogen and oxygen atoms in total. The van der Waals surface area contributed by atoms with Crippen LogP contribution in [-0.4, -0.2) is 36.3 Å². The van der Waals surface area contributed by atoms with Gasteiger partial charge < -0.3 is 16.0 Å². The lowest BCUT2D eigenvalue weighted by Crippen LogP contribution is -2.38. The summed E-state index contributed by atoms with van der Waals surface area (Å²) < 4.78 is 0. The number of nitrogens with one attached hydrogen (secondary N) is 1. The minimum Gasteiger partial charge on any atom is -0.339 e. The number of hydrogen-bond donors (Lipinski definition) is 2. The number of anilines is 1. The Morgan fingerprint density at radius 2 is 1.95 bits per heavy atom. The first kappa shape index (κ1) is 16.5. The fourth-order valence-electron chi connectivity index (χ4n) is 2.64. The SMILES string of the molecule is CC1CCN(C(=O)c2ccccc2NC(=O)CCCN)CC1. The third kappa shape index (κ3) is 4.31. The Bertz CT molecular complexity index is 522. The van der Waals surface area contributed by atoms with Gasteiger partial charge in [-0.1, -0.05) is 19.1 Å². The summed E-state index contributed by atoms with van der Waals surface area (Å²) >= 11 is 0. The molecule has 2 amide bonds. The van der Waals surface area contributed by atoms with Crippen molar-refractivity contribution in [2.45, 2.75) is 32.6 Å². The summed E-state index contributed by atoms with van der Waals surface area (Å²) in [5, 5.41) is 2.83. The number of nitrogens with zero attached hydrogens (tertiary/aromatic N) is 1. The number of piperidine rings is 1. The maximum Gasteiger partial charge on any atom is 0.255 e. The highest BCUT2D eigenvalue weighted by Crippen LogP contribution is 2.22. The van der Waals surface area contributed by atoms with Gasteiger partial charge in [0, 0.05) is 19.5 Å². The van der Waals surface area contributed by atoms with Crippen molar-refractivity contribution in [2.75, 3.05) is 25.0 Å². The molecule has 0 atom stereocenters. The van der Waals surface area contributed by atoms with E-state index in [-0.39, 0.29) is 11.8 Å². The maximum atomic E-state index is 12.7. The number of amides is 2. The summed E-state index contributed by atoms with van der Waals surface area (Å²) in [6.07, 6.45) is 3.10. The Morgan fingerprint density at radius 1 is 1.27 bits per heavy atom. The number of carbonyl (C=O) groups is 2. The fourth-order valence-corrected chi connectivity index (χ4v) is 2.64. The monoisotopic (exact) mass is 303 g/mol. The highest BCUT2D eigenvalue weighted by molar-refractivity contribution is 6.03. The van der Waals surface area contributed by atoms with Gasteiger partial charge in [-0.2, -0.15) is 0 Å². The minimum atomic E-state index is -0.0991. The Kier molecular flexibility index (Phi) is 5.95. The van der Waals surface area contributed by atoms with Crippen LogP contribution in [0.25, 0.3) is 0 Å². The molecule has 0 aromatic heterocycles. The predicted octanol–water partition coefficient (Wildman–Crippen LogP) is 2.24. The Balaban J connectivity index is 2.07. The summed E-state index contributed by atoms with van der Waals surface area (Å²) in [7, 11) is 0. The summed E-state index contributed by atoms with van der Waals surface area (Å²) in [5.74, 6) is 0.579. The van der Waals surface area contributed by atoms with Crippen molar-refractivity contribution >= 4 is 17.5 Å². The van der Waals surface area contributed by atoms with E-state index in [1.54, 1.807) is 12.1 Å². The first-order valence-electron chi connectivity index (χ1n) is 8.00. The topological polar surface area (TPSA) is 75.4 Å². The number of carbonyl (C=O) groups excluding carboxylic acids is 2. The molecule has 0 spiro atoms. The van der Waals surface area contributed by atoms with E-state index < -0.39 is 0 Å². The van der Waals surface area contributed by atoms with E-state index in [1.807, 2.05) is 17.0 Å². The van der Waals surface area contributed by atoms with Gasteiger partial charge in [-0.15, -0.1) is 0 Å². The smallest absolute Gasteiger partial charge is 0.255 e. The molecule has 0 bridgehead atoms. The molecule has 5 heteroatoms. The van der Waals surface area contributed by atoms with Crippen molar-refractivity contribution in [2.24, 2.45) is 11.7 Å². The first-order valence-corrected chi connectivity index (χ1v) is 8.00. The van der Waals surface area contributed by atoms with E-state index in [0.29, 0.717) is 36.6 Å². The second kappa shape index (κ2) is 7.94. The molecule has 0 radical (unpaired) electrons. The number of benzene rings is 1. The van der Waals surface area contributed by atoms with Gasteiger partial charge in [0.05, 0.1) is 11.3 Å². The average molecular weight is 303 g/mol. The summed E-state index contributed by atoms with van der Waals surface area (Å²) in [4.78, 5) is 26.4. The van der Waals surface area contributed by atoms with Crippen LogP contribution in [0.15, 0.2) is 24.3 Å². The number of para-hydroxylation sites is 1. The summed E-state index contributed by atoms with van der Waals surface area (Å²) in [6, 6.07) is 7.21. The molecule has 1 aliphatic rings. The molecule has 1 saturated heterocycles. The van der Waals surface area contributed by atoms with Crippen LogP contribution in [0.1, 0.15) is 43.0 Å². The van der Waals surface area contributed by atoms with Gasteiger partial charge in [0.2, 0.25) is 5.91 Å². The van der Waals surface area contributed by atoms with Crippen LogP contribution in [0, 0.1) is 5.92 Å². The Hall–Kier alpha value is -1.88. The normalized spacial score (nSPS) is 15.6. The highest BCUT2D eigenvalue weighted by Gasteiger charge is 2.23. The molecule has 120 valence electrons. The van der Waals surface area contributed by atoms with Crippen LogP contribution in [0.3, 0.4) is 0 Å². The van der Waals surface area contributed by atoms with Gasteiger partial charge in [0.25, 0.3) is 5.91 Å². The number of rotatable bonds is 5. The van der Waals surface area contributed by atoms with Gasteiger partial charge in [-0.25, -0.2) is 0 Å². The molecule has 0 saturated carbocycles. The molecule has 1 aromatic carbocycles. The van der Waals surface area contributed by atoms with E-state index in [4.69, 9.17) is 5.73 Å². The average Bonchev–Trinajstić information content (AvgIpc) is 2.53. The second-order valence-corrected chi connectivity index (χ2v) is 5.96. The molecule has 1 fully saturated rings. The maximum absolute atomic E-state index is 12.7. The first-order chi connectivity index (χ1) is 10.6. The lowest BCUT2D eigenvalue weighted by Gasteiger charge is -2.30. The quantitative estimate of drug-likeness (QED) is 0.876. The van der Waals surface area contributed by atoms with Crippen LogP contribution in [0.5, 0.6) is 0 Å². The number of hydrogen-bond acceptors (Lipinski definition) is 3. The molecule has 1 aromatic rings. The molecule has 2 rings (SSSR count). The van der Waals surface area contributed by atoms with Crippen LogP contribution in [0.2, 0.25) is 0 Å². The van der Waals surface area contributed by atoms with Crippen LogP contribution < -0.4 is 11.1 Å². The van der Waals surface area contributed by atoms with E-state index in [1.165, 1.54) is 0 Å². The van der Waals surface area contributed by atoms with Crippen molar-refractivity contribution in [3.05, 3.63) is 29.8 Å². The number of likely N-dealkylation sites (tertiary alicyclic amines) is 1. The van der Waals surface area contributed by atoms with Crippen LogP contribution in [-0.2, 0) is 4.79 Å². The van der Waals surface area contributed by atoms with E-state index in [9.17, 15) is 9.59 Å². The molecule has 3 N–H and O–H groups in total. The molecule has 1 aliphatic heterocycles. The third-order valence-electron chi connectivity index (χ3n) is 4.11. The van der Waals surface area contributed by atoms with Crippen molar-refractivity contribution in [3.63, 3.8) is 0 Å². The third-order valence-corrected chi connectivity index (χ3v) is 4.11. The van der Waals surface area contributed by atoms with Crippen molar-refractivity contribution in [1.29, 1.82) is 0 Å². The number of nitrogens with two attached hydrogens (primary N) is 1. The van der Waals surface area contributed by atoms with E-state index in [2.05, 4.69) is 12.2 Å². The zero-order valence-electron chi connectivity index (χ0n) is 13.2. The fraction of sp³-hybridized carbons (Fsp3) is 0.529. The van der Waals surface area contributed by atoms with Crippen LogP contribution >= 0.6 is 0 Å². The van der Waals surface area contributed by atoms with Gasteiger partial charge in [-0.05, 0) is 43.9 Å². The predicted molar refractivity (Wildman–Crippen MR) is 87.7 cm³/mol. The molecule has 1 heterocycles. The minimum absolute atomic E-state index is 0.00150. The Labute approximate surface area is 131 Å². The zero-order valence-corrected chi connectivity index (χ0v) is 13.2. The second-order valence-electron chi connectivity index (χ2n) is 5.96. The van der Waals surface area contributed by atoms with Crippen molar-refractivity contribution in [1.82, 2.24) is 4.90 Å². The standard InChI is InChI=1S/C17H25N3O2/c1-13-8-11-20(12-9-13)17(22)14-5-2-3-6-15(14)19-16(21)7-4-10-18/h2-3,5-6,13H,4,7-12,18H2,1H3,(H,19,21). The molecular formula is C17H25N3O2. The molecule has 22 heavy (non-hydrogen) atoms. The van der Waals surface area contributed by atoms with Crippen LogP contribution in [0.4, 0.5) is 5.69 Å².